The lowest BCUT2D eigenvalue weighted by Crippen LogP contribution is -2.29. The lowest BCUT2D eigenvalue weighted by Gasteiger charge is -2.26. The summed E-state index contributed by atoms with van der Waals surface area (Å²) in [5.74, 6) is 0.494. The molecule has 0 bridgehead atoms. The van der Waals surface area contributed by atoms with E-state index in [4.69, 9.17) is 5.26 Å². The minimum atomic E-state index is 0.472. The monoisotopic (exact) mass is 230 g/mol. The highest BCUT2D eigenvalue weighted by molar-refractivity contribution is 5.84. The molecule has 0 aliphatic heterocycles. The second-order valence-corrected chi connectivity index (χ2v) is 4.42. The molecule has 0 aliphatic rings. The van der Waals surface area contributed by atoms with Gasteiger partial charge in [0.1, 0.15) is 0 Å². The summed E-state index contributed by atoms with van der Waals surface area (Å²) in [6.07, 6.45) is 1.34. The van der Waals surface area contributed by atoms with Crippen molar-refractivity contribution in [2.75, 3.05) is 18.0 Å². The van der Waals surface area contributed by atoms with E-state index in [-0.39, 0.29) is 0 Å². The molecule has 0 unspecified atom stereocenters. The van der Waals surface area contributed by atoms with Crippen LogP contribution in [0.1, 0.15) is 30.6 Å². The number of aldehydes is 1. The molecule has 3 nitrogen and oxygen atoms in total. The van der Waals surface area contributed by atoms with Gasteiger partial charge in [-0.15, -0.1) is 0 Å². The Morgan fingerprint density at radius 2 is 2.12 bits per heavy atom. The van der Waals surface area contributed by atoms with Crippen molar-refractivity contribution in [1.82, 2.24) is 0 Å². The highest BCUT2D eigenvalue weighted by Crippen LogP contribution is 2.20. The molecule has 0 spiro atoms. The molecule has 0 N–H and O–H groups in total. The Hall–Kier alpha value is -1.82. The first-order valence-electron chi connectivity index (χ1n) is 5.85. The number of carbonyl (C=O) groups is 1. The summed E-state index contributed by atoms with van der Waals surface area (Å²) < 4.78 is 0. The van der Waals surface area contributed by atoms with E-state index < -0.39 is 0 Å². The van der Waals surface area contributed by atoms with E-state index in [0.29, 0.717) is 24.4 Å². The van der Waals surface area contributed by atoms with Crippen molar-refractivity contribution < 1.29 is 4.79 Å². The van der Waals surface area contributed by atoms with Gasteiger partial charge in [-0.2, -0.15) is 5.26 Å². The van der Waals surface area contributed by atoms with Crippen LogP contribution >= 0.6 is 0 Å². The van der Waals surface area contributed by atoms with Gasteiger partial charge in [0.15, 0.2) is 6.29 Å². The van der Waals surface area contributed by atoms with Gasteiger partial charge in [-0.25, -0.2) is 0 Å². The molecule has 0 radical (unpaired) electrons. The van der Waals surface area contributed by atoms with Crippen LogP contribution in [0.2, 0.25) is 0 Å². The number of rotatable bonds is 6. The molecule has 0 aromatic heterocycles. The van der Waals surface area contributed by atoms with Crippen LogP contribution in [0.25, 0.3) is 0 Å². The number of carbonyl (C=O) groups excluding carboxylic acids is 1. The highest BCUT2D eigenvalue weighted by atomic mass is 16.1. The normalized spacial score (nSPS) is 10.0. The zero-order valence-electron chi connectivity index (χ0n) is 10.4. The quantitative estimate of drug-likeness (QED) is 0.706. The Morgan fingerprint density at radius 3 is 2.71 bits per heavy atom. The van der Waals surface area contributed by atoms with Gasteiger partial charge in [0.25, 0.3) is 0 Å². The van der Waals surface area contributed by atoms with E-state index in [1.54, 1.807) is 0 Å². The number of benzene rings is 1. The van der Waals surface area contributed by atoms with Crippen molar-refractivity contribution in [2.45, 2.75) is 20.3 Å². The Balaban J connectivity index is 2.94. The summed E-state index contributed by atoms with van der Waals surface area (Å²) in [6, 6.07) is 9.66. The minimum Gasteiger partial charge on any atom is -0.370 e. The summed E-state index contributed by atoms with van der Waals surface area (Å²) in [6.45, 7) is 5.78. The van der Waals surface area contributed by atoms with Crippen molar-refractivity contribution in [3.63, 3.8) is 0 Å². The third kappa shape index (κ3) is 3.92. The predicted molar refractivity (Wildman–Crippen MR) is 69.1 cm³/mol. The second-order valence-electron chi connectivity index (χ2n) is 4.42. The molecule has 0 saturated carbocycles. The number of para-hydroxylation sites is 1. The third-order valence-electron chi connectivity index (χ3n) is 2.48. The van der Waals surface area contributed by atoms with Gasteiger partial charge in [0.2, 0.25) is 0 Å². The molecule has 17 heavy (non-hydrogen) atoms. The van der Waals surface area contributed by atoms with Crippen molar-refractivity contribution in [3.8, 4) is 6.07 Å². The molecule has 0 aliphatic carbocycles. The average Bonchev–Trinajstić information content (AvgIpc) is 2.34. The van der Waals surface area contributed by atoms with Crippen molar-refractivity contribution in [2.24, 2.45) is 5.92 Å². The smallest absolute Gasteiger partial charge is 0.152 e. The van der Waals surface area contributed by atoms with Gasteiger partial charge in [0, 0.05) is 24.3 Å². The van der Waals surface area contributed by atoms with Crippen LogP contribution in [0.4, 0.5) is 5.69 Å². The van der Waals surface area contributed by atoms with Gasteiger partial charge in [-0.3, -0.25) is 4.79 Å². The Bertz CT molecular complexity index is 407. The van der Waals surface area contributed by atoms with E-state index in [1.165, 1.54) is 0 Å². The van der Waals surface area contributed by atoms with Gasteiger partial charge in [-0.1, -0.05) is 26.0 Å². The molecule has 0 fully saturated rings. The molecule has 0 atom stereocenters. The maximum atomic E-state index is 11.0. The standard InChI is InChI=1S/C14H18N2O/c1-12(2)10-16(9-5-8-15)14-7-4-3-6-13(14)11-17/h3-4,6-7,11-12H,5,9-10H2,1-2H3. The number of hydrogen-bond donors (Lipinski definition) is 0. The summed E-state index contributed by atoms with van der Waals surface area (Å²) in [5, 5.41) is 8.68. The fourth-order valence-corrected chi connectivity index (χ4v) is 1.81. The van der Waals surface area contributed by atoms with E-state index in [9.17, 15) is 4.79 Å². The summed E-state index contributed by atoms with van der Waals surface area (Å²) in [7, 11) is 0. The van der Waals surface area contributed by atoms with Crippen molar-refractivity contribution in [1.29, 1.82) is 5.26 Å². The molecule has 1 rings (SSSR count). The minimum absolute atomic E-state index is 0.472. The maximum absolute atomic E-state index is 11.0. The predicted octanol–water partition coefficient (Wildman–Crippen LogP) is 2.88. The largest absolute Gasteiger partial charge is 0.370 e. The lowest BCUT2D eigenvalue weighted by molar-refractivity contribution is 0.112. The van der Waals surface area contributed by atoms with Gasteiger partial charge in [-0.05, 0) is 18.1 Å². The molecule has 3 heteroatoms. The summed E-state index contributed by atoms with van der Waals surface area (Å²) in [5.41, 5.74) is 1.61. The first-order valence-corrected chi connectivity index (χ1v) is 5.85. The summed E-state index contributed by atoms with van der Waals surface area (Å²) >= 11 is 0. The zero-order chi connectivity index (χ0) is 12.7. The molecular formula is C14H18N2O. The van der Waals surface area contributed by atoms with E-state index in [0.717, 1.165) is 18.5 Å². The molecule has 0 heterocycles. The second kappa shape index (κ2) is 6.70. The molecular weight excluding hydrogens is 212 g/mol. The Labute approximate surface area is 103 Å². The molecule has 0 amide bonds. The van der Waals surface area contributed by atoms with Gasteiger partial charge >= 0.3 is 0 Å². The maximum Gasteiger partial charge on any atom is 0.152 e. The molecule has 1 aromatic rings. The van der Waals surface area contributed by atoms with E-state index in [1.807, 2.05) is 24.3 Å². The van der Waals surface area contributed by atoms with Crippen molar-refractivity contribution >= 4 is 12.0 Å². The van der Waals surface area contributed by atoms with Crippen LogP contribution in [0.3, 0.4) is 0 Å². The Morgan fingerprint density at radius 1 is 1.41 bits per heavy atom. The SMILES string of the molecule is CC(C)CN(CCC#N)c1ccccc1C=O. The highest BCUT2D eigenvalue weighted by Gasteiger charge is 2.11. The first kappa shape index (κ1) is 13.2. The summed E-state index contributed by atoms with van der Waals surface area (Å²) in [4.78, 5) is 13.1. The first-order chi connectivity index (χ1) is 8.19. The van der Waals surface area contributed by atoms with Gasteiger partial charge < -0.3 is 4.90 Å². The number of anilines is 1. The number of hydrogen-bond acceptors (Lipinski definition) is 3. The molecule has 90 valence electrons. The molecule has 1 aromatic carbocycles. The van der Waals surface area contributed by atoms with Gasteiger partial charge in [0.05, 0.1) is 12.5 Å². The fraction of sp³-hybridized carbons (Fsp3) is 0.429. The average molecular weight is 230 g/mol. The number of nitriles is 1. The van der Waals surface area contributed by atoms with Crippen LogP contribution < -0.4 is 4.90 Å². The Kier molecular flexibility index (Phi) is 5.22. The number of nitrogens with zero attached hydrogens (tertiary/aromatic N) is 2. The van der Waals surface area contributed by atoms with Crippen LogP contribution in [0.15, 0.2) is 24.3 Å². The fourth-order valence-electron chi connectivity index (χ4n) is 1.81. The molecule has 0 saturated heterocycles. The third-order valence-corrected chi connectivity index (χ3v) is 2.48. The van der Waals surface area contributed by atoms with E-state index >= 15 is 0 Å². The van der Waals surface area contributed by atoms with E-state index in [2.05, 4.69) is 24.8 Å². The van der Waals surface area contributed by atoms with Crippen LogP contribution in [-0.2, 0) is 0 Å². The zero-order valence-corrected chi connectivity index (χ0v) is 10.4. The lowest BCUT2D eigenvalue weighted by atomic mass is 10.1. The van der Waals surface area contributed by atoms with Crippen LogP contribution in [0, 0.1) is 17.2 Å². The van der Waals surface area contributed by atoms with Crippen LogP contribution in [-0.4, -0.2) is 19.4 Å². The van der Waals surface area contributed by atoms with Crippen molar-refractivity contribution in [3.05, 3.63) is 29.8 Å². The van der Waals surface area contributed by atoms with Crippen LogP contribution in [0.5, 0.6) is 0 Å². The topological polar surface area (TPSA) is 44.1 Å².